The van der Waals surface area contributed by atoms with Gasteiger partial charge in [-0.25, -0.2) is 4.98 Å². The molecule has 1 aromatic rings. The molecule has 0 aliphatic heterocycles. The molecule has 1 rings (SSSR count). The molecule has 0 fully saturated rings. The van der Waals surface area contributed by atoms with Crippen molar-refractivity contribution < 1.29 is 9.90 Å². The van der Waals surface area contributed by atoms with Gasteiger partial charge in [0.2, 0.25) is 0 Å². The van der Waals surface area contributed by atoms with Crippen molar-refractivity contribution in [3.05, 3.63) is 18.2 Å². The second-order valence-electron chi connectivity index (χ2n) is 4.47. The molecule has 1 aromatic heterocycles. The Balaban J connectivity index is 2.45. The van der Waals surface area contributed by atoms with E-state index in [1.54, 1.807) is 18.0 Å². The second kappa shape index (κ2) is 5.55. The molecule has 0 aliphatic carbocycles. The third-order valence-electron chi connectivity index (χ3n) is 2.74. The van der Waals surface area contributed by atoms with Gasteiger partial charge in [-0.05, 0) is 13.8 Å². The van der Waals surface area contributed by atoms with Crippen molar-refractivity contribution in [2.45, 2.75) is 31.1 Å². The fraction of sp³-hybridized carbons (Fsp3) is 0.636. The number of hydrogen-bond donors (Lipinski definition) is 2. The van der Waals surface area contributed by atoms with E-state index in [1.807, 2.05) is 31.7 Å². The fourth-order valence-corrected chi connectivity index (χ4v) is 2.52. The molecule has 0 unspecified atom stereocenters. The van der Waals surface area contributed by atoms with Gasteiger partial charge in [0.25, 0.3) is 0 Å². The van der Waals surface area contributed by atoms with Crippen LogP contribution < -0.4 is 5.73 Å². The Hall–Kier alpha value is -1.01. The maximum Gasteiger partial charge on any atom is 0.321 e. The molecule has 0 bridgehead atoms. The third-order valence-corrected chi connectivity index (χ3v) is 4.14. The molecule has 0 saturated carbocycles. The molecule has 3 N–H and O–H groups in total. The Morgan fingerprint density at radius 2 is 2.35 bits per heavy atom. The lowest BCUT2D eigenvalue weighted by molar-refractivity contribution is -0.139. The SMILES string of the molecule is Cn1ccnc1CCSC(C)(C)[C@H](N)C(=O)O. The number of nitrogens with zero attached hydrogens (tertiary/aromatic N) is 2. The van der Waals surface area contributed by atoms with Crippen molar-refractivity contribution in [1.82, 2.24) is 9.55 Å². The molecule has 0 aliphatic rings. The number of hydrogen-bond acceptors (Lipinski definition) is 4. The van der Waals surface area contributed by atoms with Crippen LogP contribution in [-0.2, 0) is 18.3 Å². The Kier molecular flexibility index (Phi) is 4.59. The first-order valence-electron chi connectivity index (χ1n) is 5.43. The topological polar surface area (TPSA) is 81.1 Å². The average Bonchev–Trinajstić information content (AvgIpc) is 2.63. The number of aromatic nitrogens is 2. The van der Waals surface area contributed by atoms with Crippen LogP contribution in [-0.4, -0.2) is 37.2 Å². The van der Waals surface area contributed by atoms with Gasteiger partial charge in [-0.3, -0.25) is 4.79 Å². The summed E-state index contributed by atoms with van der Waals surface area (Å²) in [5.74, 6) is 0.843. The summed E-state index contributed by atoms with van der Waals surface area (Å²) in [6, 6.07) is -0.853. The molecule has 1 heterocycles. The molecule has 0 amide bonds. The van der Waals surface area contributed by atoms with Crippen LogP contribution in [0.1, 0.15) is 19.7 Å². The predicted octanol–water partition coefficient (Wildman–Crippen LogP) is 0.886. The van der Waals surface area contributed by atoms with Gasteiger partial charge in [-0.15, -0.1) is 0 Å². The molecule has 0 aromatic carbocycles. The number of carbonyl (C=O) groups is 1. The van der Waals surface area contributed by atoms with Crippen LogP contribution in [0.3, 0.4) is 0 Å². The van der Waals surface area contributed by atoms with Gasteiger partial charge in [-0.1, -0.05) is 0 Å². The van der Waals surface area contributed by atoms with Crippen molar-refractivity contribution >= 4 is 17.7 Å². The maximum atomic E-state index is 10.8. The molecule has 6 heteroatoms. The molecule has 0 saturated heterocycles. The largest absolute Gasteiger partial charge is 0.480 e. The van der Waals surface area contributed by atoms with Gasteiger partial charge < -0.3 is 15.4 Å². The summed E-state index contributed by atoms with van der Waals surface area (Å²) in [4.78, 5) is 15.1. The number of thioether (sulfide) groups is 1. The monoisotopic (exact) mass is 257 g/mol. The quantitative estimate of drug-likeness (QED) is 0.791. The van der Waals surface area contributed by atoms with Crippen LogP contribution in [0.15, 0.2) is 12.4 Å². The zero-order valence-corrected chi connectivity index (χ0v) is 11.2. The van der Waals surface area contributed by atoms with Gasteiger partial charge in [-0.2, -0.15) is 11.8 Å². The van der Waals surface area contributed by atoms with E-state index in [1.165, 1.54) is 0 Å². The van der Waals surface area contributed by atoms with E-state index in [0.717, 1.165) is 18.0 Å². The van der Waals surface area contributed by atoms with Crippen LogP contribution in [0.25, 0.3) is 0 Å². The number of carboxylic acid groups (broad SMARTS) is 1. The smallest absolute Gasteiger partial charge is 0.321 e. The van der Waals surface area contributed by atoms with E-state index in [0.29, 0.717) is 0 Å². The number of imidazole rings is 1. The highest BCUT2D eigenvalue weighted by Crippen LogP contribution is 2.27. The number of rotatable bonds is 6. The number of nitrogens with two attached hydrogens (primary N) is 1. The van der Waals surface area contributed by atoms with Crippen molar-refractivity contribution in [1.29, 1.82) is 0 Å². The van der Waals surface area contributed by atoms with Gasteiger partial charge in [0, 0.05) is 36.4 Å². The lowest BCUT2D eigenvalue weighted by Crippen LogP contribution is -2.46. The lowest BCUT2D eigenvalue weighted by atomic mass is 10.1. The van der Waals surface area contributed by atoms with Crippen LogP contribution in [0.2, 0.25) is 0 Å². The zero-order chi connectivity index (χ0) is 13.1. The highest BCUT2D eigenvalue weighted by Gasteiger charge is 2.32. The first-order chi connectivity index (χ1) is 7.84. The molecule has 5 nitrogen and oxygen atoms in total. The van der Waals surface area contributed by atoms with Gasteiger partial charge in [0.1, 0.15) is 11.9 Å². The Labute approximate surface area is 105 Å². The summed E-state index contributed by atoms with van der Waals surface area (Å²) in [5.41, 5.74) is 5.64. The molecule has 1 atom stereocenters. The summed E-state index contributed by atoms with van der Waals surface area (Å²) in [6.45, 7) is 3.71. The first-order valence-corrected chi connectivity index (χ1v) is 6.41. The normalized spacial score (nSPS) is 13.6. The van der Waals surface area contributed by atoms with Crippen LogP contribution in [0.5, 0.6) is 0 Å². The maximum absolute atomic E-state index is 10.8. The molecular formula is C11H19N3O2S. The Morgan fingerprint density at radius 1 is 1.71 bits per heavy atom. The minimum absolute atomic E-state index is 0.475. The average molecular weight is 257 g/mol. The lowest BCUT2D eigenvalue weighted by Gasteiger charge is -2.27. The second-order valence-corrected chi connectivity index (χ2v) is 6.22. The van der Waals surface area contributed by atoms with E-state index in [9.17, 15) is 4.79 Å². The van der Waals surface area contributed by atoms with Crippen molar-refractivity contribution in [3.63, 3.8) is 0 Å². The van der Waals surface area contributed by atoms with Gasteiger partial charge in [0.15, 0.2) is 0 Å². The standard InChI is InChI=1S/C11H19N3O2S/c1-11(2,9(12)10(15)16)17-7-4-8-13-5-6-14(8)3/h5-6,9H,4,7,12H2,1-3H3,(H,15,16)/t9-/m1/s1. The Bertz CT molecular complexity index is 390. The zero-order valence-electron chi connectivity index (χ0n) is 10.4. The highest BCUT2D eigenvalue weighted by atomic mass is 32.2. The van der Waals surface area contributed by atoms with E-state index in [-0.39, 0.29) is 0 Å². The third kappa shape index (κ3) is 3.74. The number of aryl methyl sites for hydroxylation is 2. The van der Waals surface area contributed by atoms with Crippen LogP contribution >= 0.6 is 11.8 Å². The summed E-state index contributed by atoms with van der Waals surface area (Å²) >= 11 is 1.56. The molecule has 96 valence electrons. The van der Waals surface area contributed by atoms with Crippen LogP contribution in [0, 0.1) is 0 Å². The van der Waals surface area contributed by atoms with E-state index in [4.69, 9.17) is 10.8 Å². The molecule has 17 heavy (non-hydrogen) atoms. The number of carboxylic acids is 1. The van der Waals surface area contributed by atoms with Crippen molar-refractivity contribution in [3.8, 4) is 0 Å². The fourth-order valence-electron chi connectivity index (χ4n) is 1.43. The predicted molar refractivity (Wildman–Crippen MR) is 69.1 cm³/mol. The van der Waals surface area contributed by atoms with Gasteiger partial charge >= 0.3 is 5.97 Å². The summed E-state index contributed by atoms with van der Waals surface area (Å²) < 4.78 is 1.49. The number of aliphatic carboxylic acids is 1. The van der Waals surface area contributed by atoms with Crippen molar-refractivity contribution in [2.75, 3.05) is 5.75 Å². The van der Waals surface area contributed by atoms with Crippen molar-refractivity contribution in [2.24, 2.45) is 12.8 Å². The van der Waals surface area contributed by atoms with Crippen LogP contribution in [0.4, 0.5) is 0 Å². The van der Waals surface area contributed by atoms with E-state index < -0.39 is 16.8 Å². The van der Waals surface area contributed by atoms with E-state index >= 15 is 0 Å². The summed E-state index contributed by atoms with van der Waals surface area (Å²) in [6.07, 6.45) is 4.46. The summed E-state index contributed by atoms with van der Waals surface area (Å²) in [7, 11) is 1.95. The molecule has 0 spiro atoms. The Morgan fingerprint density at radius 3 is 2.82 bits per heavy atom. The summed E-state index contributed by atoms with van der Waals surface area (Å²) in [5, 5.41) is 8.89. The highest BCUT2D eigenvalue weighted by molar-refractivity contribution is 8.00. The minimum atomic E-state index is -0.959. The van der Waals surface area contributed by atoms with Gasteiger partial charge in [0.05, 0.1) is 0 Å². The minimum Gasteiger partial charge on any atom is -0.480 e. The molecular weight excluding hydrogens is 238 g/mol. The molecule has 0 radical (unpaired) electrons. The van der Waals surface area contributed by atoms with E-state index in [2.05, 4.69) is 4.98 Å². The first kappa shape index (κ1) is 14.1.